The van der Waals surface area contributed by atoms with Crippen LogP contribution in [0.15, 0.2) is 42.6 Å². The highest BCUT2D eigenvalue weighted by molar-refractivity contribution is 5.97. The molecule has 1 fully saturated rings. The second-order valence-electron chi connectivity index (χ2n) is 7.29. The van der Waals surface area contributed by atoms with E-state index < -0.39 is 0 Å². The molecule has 0 N–H and O–H groups in total. The number of rotatable bonds is 3. The number of fused-ring (bicyclic) bond motifs is 1. The Morgan fingerprint density at radius 1 is 1.00 bits per heavy atom. The number of carbonyl (C=O) groups is 2. The van der Waals surface area contributed by atoms with Gasteiger partial charge in [0.15, 0.2) is 0 Å². The third kappa shape index (κ3) is 3.14. The minimum Gasteiger partial charge on any atom is -0.348 e. The first kappa shape index (κ1) is 16.9. The average molecular weight is 351 g/mol. The Balaban J connectivity index is 1.61. The van der Waals surface area contributed by atoms with Gasteiger partial charge in [0, 0.05) is 38.1 Å². The van der Waals surface area contributed by atoms with Gasteiger partial charge in [-0.05, 0) is 37.5 Å². The van der Waals surface area contributed by atoms with E-state index in [1.54, 1.807) is 0 Å². The molecular formula is C21H25N3O2. The molecule has 0 unspecified atom stereocenters. The van der Waals surface area contributed by atoms with Crippen LogP contribution in [0.4, 0.5) is 0 Å². The van der Waals surface area contributed by atoms with E-state index in [9.17, 15) is 9.59 Å². The molecule has 0 aliphatic carbocycles. The highest BCUT2D eigenvalue weighted by atomic mass is 16.2. The fourth-order valence-electron chi connectivity index (χ4n) is 4.15. The molecule has 1 aromatic carbocycles. The van der Waals surface area contributed by atoms with Crippen molar-refractivity contribution in [2.45, 2.75) is 38.8 Å². The van der Waals surface area contributed by atoms with Crippen molar-refractivity contribution in [1.82, 2.24) is 14.4 Å². The summed E-state index contributed by atoms with van der Waals surface area (Å²) in [5.74, 6) is -0.0997. The van der Waals surface area contributed by atoms with Crippen LogP contribution in [0.3, 0.4) is 0 Å². The normalized spacial score (nSPS) is 19.5. The lowest BCUT2D eigenvalue weighted by molar-refractivity contribution is -0.141. The standard InChI is InChI=1S/C21H25N3O2/c1-16-6-4-7-17(14-16)21-18-8-5-11-22(18)12-13-24(21)20(26)15-19(25)23-9-2-3-10-23/h4-8,11,14,21H,2-3,9-10,12-13,15H2,1H3/t21-/m0/s1. The molecule has 5 nitrogen and oxygen atoms in total. The van der Waals surface area contributed by atoms with E-state index in [4.69, 9.17) is 0 Å². The van der Waals surface area contributed by atoms with Crippen LogP contribution < -0.4 is 0 Å². The Bertz CT molecular complexity index is 820. The average Bonchev–Trinajstić information content (AvgIpc) is 3.32. The van der Waals surface area contributed by atoms with E-state index in [1.807, 2.05) is 21.9 Å². The first-order chi connectivity index (χ1) is 12.6. The summed E-state index contributed by atoms with van der Waals surface area (Å²) in [6.07, 6.45) is 4.13. The van der Waals surface area contributed by atoms with E-state index >= 15 is 0 Å². The van der Waals surface area contributed by atoms with Crippen molar-refractivity contribution in [3.05, 3.63) is 59.4 Å². The van der Waals surface area contributed by atoms with Crippen LogP contribution in [0.2, 0.25) is 0 Å². The van der Waals surface area contributed by atoms with Gasteiger partial charge in [0.05, 0.1) is 6.04 Å². The van der Waals surface area contributed by atoms with E-state index in [2.05, 4.69) is 42.0 Å². The fourth-order valence-corrected chi connectivity index (χ4v) is 4.15. The molecule has 2 aliphatic rings. The quantitative estimate of drug-likeness (QED) is 0.798. The predicted octanol–water partition coefficient (Wildman–Crippen LogP) is 2.74. The number of benzene rings is 1. The molecule has 1 aromatic heterocycles. The summed E-state index contributed by atoms with van der Waals surface area (Å²) in [6, 6.07) is 12.3. The van der Waals surface area contributed by atoms with Crippen molar-refractivity contribution in [3.63, 3.8) is 0 Å². The zero-order valence-electron chi connectivity index (χ0n) is 15.2. The number of aryl methyl sites for hydroxylation is 1. The Labute approximate surface area is 154 Å². The molecule has 5 heteroatoms. The van der Waals surface area contributed by atoms with Gasteiger partial charge in [-0.15, -0.1) is 0 Å². The minimum atomic E-state index is -0.127. The summed E-state index contributed by atoms with van der Waals surface area (Å²) in [7, 11) is 0. The van der Waals surface area contributed by atoms with Crippen molar-refractivity contribution >= 4 is 11.8 Å². The van der Waals surface area contributed by atoms with Crippen LogP contribution in [0.25, 0.3) is 0 Å². The molecule has 0 spiro atoms. The van der Waals surface area contributed by atoms with Gasteiger partial charge in [0.25, 0.3) is 0 Å². The van der Waals surface area contributed by atoms with Gasteiger partial charge < -0.3 is 14.4 Å². The van der Waals surface area contributed by atoms with Crippen LogP contribution >= 0.6 is 0 Å². The molecule has 3 heterocycles. The van der Waals surface area contributed by atoms with Crippen molar-refractivity contribution < 1.29 is 9.59 Å². The first-order valence-electron chi connectivity index (χ1n) is 9.42. The highest BCUT2D eigenvalue weighted by Crippen LogP contribution is 2.33. The molecule has 2 aromatic rings. The lowest BCUT2D eigenvalue weighted by Crippen LogP contribution is -2.44. The molecule has 2 amide bonds. The van der Waals surface area contributed by atoms with Crippen LogP contribution in [0.5, 0.6) is 0 Å². The zero-order valence-corrected chi connectivity index (χ0v) is 15.2. The molecule has 136 valence electrons. The third-order valence-corrected chi connectivity index (χ3v) is 5.48. The summed E-state index contributed by atoms with van der Waals surface area (Å²) in [5, 5.41) is 0. The van der Waals surface area contributed by atoms with E-state index in [1.165, 1.54) is 5.56 Å². The van der Waals surface area contributed by atoms with Crippen molar-refractivity contribution in [2.75, 3.05) is 19.6 Å². The molecule has 4 rings (SSSR count). The number of likely N-dealkylation sites (tertiary alicyclic amines) is 1. The second kappa shape index (κ2) is 6.98. The van der Waals surface area contributed by atoms with Crippen molar-refractivity contribution in [1.29, 1.82) is 0 Å². The van der Waals surface area contributed by atoms with Crippen molar-refractivity contribution in [2.24, 2.45) is 0 Å². The maximum atomic E-state index is 13.0. The monoisotopic (exact) mass is 351 g/mol. The lowest BCUT2D eigenvalue weighted by Gasteiger charge is -2.37. The molecule has 0 saturated carbocycles. The number of aromatic nitrogens is 1. The third-order valence-electron chi connectivity index (χ3n) is 5.48. The molecular weight excluding hydrogens is 326 g/mol. The molecule has 1 atom stereocenters. The van der Waals surface area contributed by atoms with E-state index in [0.717, 1.165) is 43.7 Å². The largest absolute Gasteiger partial charge is 0.348 e. The Hall–Kier alpha value is -2.56. The second-order valence-corrected chi connectivity index (χ2v) is 7.29. The predicted molar refractivity (Wildman–Crippen MR) is 99.6 cm³/mol. The minimum absolute atomic E-state index is 0.0248. The topological polar surface area (TPSA) is 45.6 Å². The lowest BCUT2D eigenvalue weighted by atomic mass is 9.98. The van der Waals surface area contributed by atoms with Crippen LogP contribution in [-0.4, -0.2) is 45.8 Å². The van der Waals surface area contributed by atoms with Gasteiger partial charge >= 0.3 is 0 Å². The van der Waals surface area contributed by atoms with Crippen LogP contribution in [-0.2, 0) is 16.1 Å². The highest BCUT2D eigenvalue weighted by Gasteiger charge is 2.33. The van der Waals surface area contributed by atoms with Crippen LogP contribution in [0.1, 0.15) is 42.1 Å². The molecule has 26 heavy (non-hydrogen) atoms. The van der Waals surface area contributed by atoms with E-state index in [-0.39, 0.29) is 24.3 Å². The van der Waals surface area contributed by atoms with Gasteiger partial charge in [0.2, 0.25) is 11.8 Å². The SMILES string of the molecule is Cc1cccc([C@H]2c3cccn3CCN2C(=O)CC(=O)N2CCCC2)c1. The maximum absolute atomic E-state index is 13.0. The van der Waals surface area contributed by atoms with Gasteiger partial charge in [-0.1, -0.05) is 29.8 Å². The summed E-state index contributed by atoms with van der Waals surface area (Å²) in [4.78, 5) is 29.2. The molecule has 0 bridgehead atoms. The van der Waals surface area contributed by atoms with Gasteiger partial charge in [-0.25, -0.2) is 0 Å². The fraction of sp³-hybridized carbons (Fsp3) is 0.429. The molecule has 1 saturated heterocycles. The smallest absolute Gasteiger partial charge is 0.232 e. The number of hydrogen-bond acceptors (Lipinski definition) is 2. The Morgan fingerprint density at radius 2 is 1.81 bits per heavy atom. The molecule has 0 radical (unpaired) electrons. The Kier molecular flexibility index (Phi) is 4.53. The van der Waals surface area contributed by atoms with Crippen molar-refractivity contribution in [3.8, 4) is 0 Å². The zero-order chi connectivity index (χ0) is 18.1. The number of hydrogen-bond donors (Lipinski definition) is 0. The summed E-state index contributed by atoms with van der Waals surface area (Å²) in [5.41, 5.74) is 3.39. The van der Waals surface area contributed by atoms with E-state index in [0.29, 0.717) is 6.54 Å². The summed E-state index contributed by atoms with van der Waals surface area (Å²) in [6.45, 7) is 5.04. The first-order valence-corrected chi connectivity index (χ1v) is 9.42. The number of nitrogens with zero attached hydrogens (tertiary/aromatic N) is 3. The van der Waals surface area contributed by atoms with Crippen LogP contribution in [0, 0.1) is 6.92 Å². The Morgan fingerprint density at radius 3 is 2.58 bits per heavy atom. The van der Waals surface area contributed by atoms with Gasteiger partial charge in [0.1, 0.15) is 6.42 Å². The maximum Gasteiger partial charge on any atom is 0.232 e. The molecule has 2 aliphatic heterocycles. The number of amides is 2. The number of carbonyl (C=O) groups excluding carboxylic acids is 2. The van der Waals surface area contributed by atoms with Gasteiger partial charge in [-0.3, -0.25) is 9.59 Å². The van der Waals surface area contributed by atoms with Gasteiger partial charge in [-0.2, -0.15) is 0 Å². The summed E-state index contributed by atoms with van der Waals surface area (Å²) >= 11 is 0. The summed E-state index contributed by atoms with van der Waals surface area (Å²) < 4.78 is 2.21.